The summed E-state index contributed by atoms with van der Waals surface area (Å²) in [5, 5.41) is 7.25. The minimum absolute atomic E-state index is 0.339. The van der Waals surface area contributed by atoms with Gasteiger partial charge in [0.25, 0.3) is 11.7 Å². The SMILES string of the molecule is Cc1nn(-c2ccccc2)c(C)c1C(=O)C(=O)Nc1ccc(N2CCN(Cc3ccccc3)CC2)cc1. The van der Waals surface area contributed by atoms with E-state index < -0.39 is 11.7 Å². The van der Waals surface area contributed by atoms with Crippen molar-refractivity contribution in [1.29, 1.82) is 0 Å². The van der Waals surface area contributed by atoms with Gasteiger partial charge in [-0.1, -0.05) is 48.5 Å². The second-order valence-electron chi connectivity index (χ2n) is 9.37. The predicted molar refractivity (Wildman–Crippen MR) is 146 cm³/mol. The Morgan fingerprint density at radius 2 is 1.41 bits per heavy atom. The van der Waals surface area contributed by atoms with Crippen LogP contribution in [0.5, 0.6) is 0 Å². The zero-order valence-electron chi connectivity index (χ0n) is 21.2. The number of rotatable bonds is 7. The minimum atomic E-state index is -0.666. The second-order valence-corrected chi connectivity index (χ2v) is 9.37. The van der Waals surface area contributed by atoms with Crippen LogP contribution in [-0.2, 0) is 11.3 Å². The van der Waals surface area contributed by atoms with Crippen LogP contribution in [0.15, 0.2) is 84.9 Å². The van der Waals surface area contributed by atoms with Crippen molar-refractivity contribution in [2.75, 3.05) is 36.4 Å². The number of hydrogen-bond donors (Lipinski definition) is 1. The molecule has 4 aromatic rings. The molecule has 1 N–H and O–H groups in total. The van der Waals surface area contributed by atoms with E-state index in [1.54, 1.807) is 11.6 Å². The van der Waals surface area contributed by atoms with Crippen LogP contribution in [0.1, 0.15) is 27.3 Å². The molecule has 0 unspecified atom stereocenters. The fourth-order valence-corrected chi connectivity index (χ4v) is 4.85. The molecule has 1 saturated heterocycles. The number of carbonyl (C=O) groups excluding carboxylic acids is 2. The Labute approximate surface area is 217 Å². The quantitative estimate of drug-likeness (QED) is 0.300. The van der Waals surface area contributed by atoms with Gasteiger partial charge in [-0.15, -0.1) is 0 Å². The highest BCUT2D eigenvalue weighted by molar-refractivity contribution is 6.47. The molecule has 5 rings (SSSR count). The zero-order chi connectivity index (χ0) is 25.8. The Bertz CT molecular complexity index is 1370. The lowest BCUT2D eigenvalue weighted by Gasteiger charge is -2.36. The van der Waals surface area contributed by atoms with Gasteiger partial charge in [0, 0.05) is 44.1 Å². The number of nitrogens with zero attached hydrogens (tertiary/aromatic N) is 4. The number of nitrogens with one attached hydrogen (secondary N) is 1. The van der Waals surface area contributed by atoms with Crippen molar-refractivity contribution in [3.05, 3.63) is 107 Å². The second kappa shape index (κ2) is 10.8. The van der Waals surface area contributed by atoms with Crippen LogP contribution in [0.3, 0.4) is 0 Å². The maximum atomic E-state index is 13.0. The lowest BCUT2D eigenvalue weighted by atomic mass is 10.1. The monoisotopic (exact) mass is 493 g/mol. The van der Waals surface area contributed by atoms with E-state index in [1.165, 1.54) is 5.56 Å². The van der Waals surface area contributed by atoms with Crippen molar-refractivity contribution in [3.63, 3.8) is 0 Å². The van der Waals surface area contributed by atoms with Crippen molar-refractivity contribution in [2.24, 2.45) is 0 Å². The first-order valence-electron chi connectivity index (χ1n) is 12.6. The summed E-state index contributed by atoms with van der Waals surface area (Å²) in [4.78, 5) is 30.7. The van der Waals surface area contributed by atoms with Gasteiger partial charge in [-0.25, -0.2) is 4.68 Å². The number of amides is 1. The van der Waals surface area contributed by atoms with E-state index in [0.29, 0.717) is 22.6 Å². The third-order valence-electron chi connectivity index (χ3n) is 6.84. The molecule has 188 valence electrons. The van der Waals surface area contributed by atoms with E-state index in [2.05, 4.69) is 44.5 Å². The molecule has 1 amide bonds. The first-order valence-corrected chi connectivity index (χ1v) is 12.6. The van der Waals surface area contributed by atoms with Crippen LogP contribution in [0.2, 0.25) is 0 Å². The normalized spacial score (nSPS) is 13.9. The average molecular weight is 494 g/mol. The van der Waals surface area contributed by atoms with Crippen LogP contribution in [0, 0.1) is 13.8 Å². The molecule has 37 heavy (non-hydrogen) atoms. The van der Waals surface area contributed by atoms with Crippen LogP contribution >= 0.6 is 0 Å². The number of hydrogen-bond acceptors (Lipinski definition) is 5. The molecule has 3 aromatic carbocycles. The van der Waals surface area contributed by atoms with E-state index in [4.69, 9.17) is 0 Å². The number of anilines is 2. The number of benzene rings is 3. The van der Waals surface area contributed by atoms with Gasteiger partial charge in [-0.2, -0.15) is 5.10 Å². The molecule has 1 aromatic heterocycles. The molecule has 2 heterocycles. The summed E-state index contributed by atoms with van der Waals surface area (Å²) in [6.45, 7) is 8.41. The Hall–Kier alpha value is -4.23. The van der Waals surface area contributed by atoms with Gasteiger partial charge in [0.2, 0.25) is 0 Å². The van der Waals surface area contributed by atoms with Crippen LogP contribution in [-0.4, -0.2) is 52.5 Å². The maximum absolute atomic E-state index is 13.0. The number of carbonyl (C=O) groups is 2. The van der Waals surface area contributed by atoms with Gasteiger partial charge >= 0.3 is 0 Å². The lowest BCUT2D eigenvalue weighted by Crippen LogP contribution is -2.45. The highest BCUT2D eigenvalue weighted by Gasteiger charge is 2.25. The van der Waals surface area contributed by atoms with Gasteiger partial charge in [0.15, 0.2) is 0 Å². The van der Waals surface area contributed by atoms with Gasteiger partial charge in [0.05, 0.1) is 22.6 Å². The molecule has 0 saturated carbocycles. The Morgan fingerprint density at radius 3 is 2.05 bits per heavy atom. The molecule has 7 nitrogen and oxygen atoms in total. The summed E-state index contributed by atoms with van der Waals surface area (Å²) >= 11 is 0. The minimum Gasteiger partial charge on any atom is -0.369 e. The molecular formula is C30H31N5O2. The van der Waals surface area contributed by atoms with Crippen molar-refractivity contribution in [2.45, 2.75) is 20.4 Å². The van der Waals surface area contributed by atoms with Crippen LogP contribution < -0.4 is 10.2 Å². The van der Waals surface area contributed by atoms with E-state index in [1.807, 2.05) is 67.6 Å². The van der Waals surface area contributed by atoms with Crippen LogP contribution in [0.4, 0.5) is 11.4 Å². The fraction of sp³-hybridized carbons (Fsp3) is 0.233. The average Bonchev–Trinajstić information content (AvgIpc) is 3.23. The maximum Gasteiger partial charge on any atom is 0.296 e. The van der Waals surface area contributed by atoms with Crippen molar-refractivity contribution in [3.8, 4) is 5.69 Å². The van der Waals surface area contributed by atoms with E-state index in [-0.39, 0.29) is 0 Å². The predicted octanol–water partition coefficient (Wildman–Crippen LogP) is 4.63. The highest BCUT2D eigenvalue weighted by atomic mass is 16.2. The Balaban J connectivity index is 1.19. The molecule has 1 aliphatic heterocycles. The molecule has 0 radical (unpaired) electrons. The Morgan fingerprint density at radius 1 is 0.784 bits per heavy atom. The van der Waals surface area contributed by atoms with Gasteiger partial charge in [-0.3, -0.25) is 14.5 Å². The van der Waals surface area contributed by atoms with Gasteiger partial charge in [0.1, 0.15) is 0 Å². The third-order valence-corrected chi connectivity index (χ3v) is 6.84. The number of para-hydroxylation sites is 1. The molecule has 0 atom stereocenters. The smallest absolute Gasteiger partial charge is 0.296 e. The topological polar surface area (TPSA) is 70.5 Å². The van der Waals surface area contributed by atoms with E-state index >= 15 is 0 Å². The Kier molecular flexibility index (Phi) is 7.14. The summed E-state index contributed by atoms with van der Waals surface area (Å²) in [7, 11) is 0. The highest BCUT2D eigenvalue weighted by Crippen LogP contribution is 2.22. The first-order chi connectivity index (χ1) is 18.0. The summed E-state index contributed by atoms with van der Waals surface area (Å²) in [5.74, 6) is -1.25. The number of ketones is 1. The largest absolute Gasteiger partial charge is 0.369 e. The summed E-state index contributed by atoms with van der Waals surface area (Å²) in [6.07, 6.45) is 0. The van der Waals surface area contributed by atoms with E-state index in [9.17, 15) is 9.59 Å². The molecule has 0 spiro atoms. The number of piperazine rings is 1. The number of aryl methyl sites for hydroxylation is 1. The molecule has 0 aliphatic carbocycles. The first kappa shape index (κ1) is 24.5. The molecular weight excluding hydrogens is 462 g/mol. The molecule has 1 aliphatic rings. The summed E-state index contributed by atoms with van der Waals surface area (Å²) < 4.78 is 1.70. The zero-order valence-corrected chi connectivity index (χ0v) is 21.2. The standard InChI is InChI=1S/C30H31N5O2/c1-22-28(23(2)35(32-22)27-11-7-4-8-12-27)29(36)30(37)31-25-13-15-26(16-14-25)34-19-17-33(18-20-34)21-24-9-5-3-6-10-24/h3-16H,17-21H2,1-2H3,(H,31,37). The fourth-order valence-electron chi connectivity index (χ4n) is 4.85. The van der Waals surface area contributed by atoms with Crippen molar-refractivity contribution in [1.82, 2.24) is 14.7 Å². The molecule has 7 heteroatoms. The van der Waals surface area contributed by atoms with Crippen molar-refractivity contribution < 1.29 is 9.59 Å². The third kappa shape index (κ3) is 5.47. The van der Waals surface area contributed by atoms with Gasteiger partial charge < -0.3 is 10.2 Å². The van der Waals surface area contributed by atoms with Crippen molar-refractivity contribution >= 4 is 23.1 Å². The summed E-state index contributed by atoms with van der Waals surface area (Å²) in [6, 6.07) is 27.8. The number of aromatic nitrogens is 2. The van der Waals surface area contributed by atoms with E-state index in [0.717, 1.165) is 44.1 Å². The van der Waals surface area contributed by atoms with Gasteiger partial charge in [-0.05, 0) is 55.8 Å². The molecule has 0 bridgehead atoms. The van der Waals surface area contributed by atoms with Crippen LogP contribution in [0.25, 0.3) is 5.69 Å². The summed E-state index contributed by atoms with van der Waals surface area (Å²) in [5.41, 5.74) is 5.40. The lowest BCUT2D eigenvalue weighted by molar-refractivity contribution is -0.112. The number of Topliss-reactive ketones (excluding diaryl/α,β-unsaturated/α-hetero) is 1. The molecule has 1 fully saturated rings.